The molecule has 106 valence electrons. The van der Waals surface area contributed by atoms with Gasteiger partial charge in [0.15, 0.2) is 6.10 Å². The van der Waals surface area contributed by atoms with Crippen LogP contribution < -0.4 is 0 Å². The number of amides is 2. The van der Waals surface area contributed by atoms with Crippen molar-refractivity contribution in [1.29, 1.82) is 0 Å². The molecule has 2 amide bonds. The molecule has 1 aromatic rings. The average Bonchev–Trinajstić information content (AvgIpc) is 2.73. The number of hydrogen-bond acceptors (Lipinski definition) is 5. The van der Waals surface area contributed by atoms with E-state index in [-0.39, 0.29) is 12.5 Å². The first kappa shape index (κ1) is 14.0. The van der Waals surface area contributed by atoms with Gasteiger partial charge in [-0.15, -0.1) is 0 Å². The Kier molecular flexibility index (Phi) is 4.02. The van der Waals surface area contributed by atoms with E-state index in [4.69, 9.17) is 4.74 Å². The summed E-state index contributed by atoms with van der Waals surface area (Å²) in [4.78, 5) is 36.4. The predicted molar refractivity (Wildman–Crippen MR) is 69.0 cm³/mol. The van der Waals surface area contributed by atoms with Crippen molar-refractivity contribution in [2.45, 2.75) is 25.5 Å². The molecular formula is C14H15NO5. The Balaban J connectivity index is 2.06. The Bertz CT molecular complexity index is 528. The minimum atomic E-state index is -0.947. The molecule has 1 fully saturated rings. The average molecular weight is 277 g/mol. The monoisotopic (exact) mass is 277 g/mol. The molecule has 1 heterocycles. The second kappa shape index (κ2) is 5.73. The fraction of sp³-hybridized carbons (Fsp3) is 0.357. The van der Waals surface area contributed by atoms with Gasteiger partial charge in [0.25, 0.3) is 5.91 Å². The number of esters is 1. The van der Waals surface area contributed by atoms with E-state index < -0.39 is 24.1 Å². The van der Waals surface area contributed by atoms with Crippen molar-refractivity contribution in [2.75, 3.05) is 7.11 Å². The van der Waals surface area contributed by atoms with E-state index >= 15 is 0 Å². The molecule has 0 spiro atoms. The van der Waals surface area contributed by atoms with Gasteiger partial charge in [-0.2, -0.15) is 0 Å². The van der Waals surface area contributed by atoms with E-state index in [9.17, 15) is 14.4 Å². The van der Waals surface area contributed by atoms with Gasteiger partial charge >= 0.3 is 12.1 Å². The molecule has 1 aliphatic rings. The number of carbonyl (C=O) groups excluding carboxylic acids is 3. The summed E-state index contributed by atoms with van der Waals surface area (Å²) in [6.45, 7) is 1.70. The summed E-state index contributed by atoms with van der Waals surface area (Å²) >= 11 is 0. The molecule has 0 radical (unpaired) electrons. The molecule has 1 saturated heterocycles. The van der Waals surface area contributed by atoms with Gasteiger partial charge in [-0.25, -0.2) is 14.5 Å². The smallest absolute Gasteiger partial charge is 0.416 e. The summed E-state index contributed by atoms with van der Waals surface area (Å²) in [5.41, 5.74) is 0.365. The number of benzene rings is 1. The van der Waals surface area contributed by atoms with Gasteiger partial charge in [-0.1, -0.05) is 18.2 Å². The standard InChI is InChI=1S/C14H15NO5/c1-9-8-11(12(16)15(9)14(18)19-2)20-13(17)10-6-4-3-5-7-10/h3-7,9,11H,8H2,1-2H3/t9-,11-/m1/s1. The zero-order valence-electron chi connectivity index (χ0n) is 11.2. The van der Waals surface area contributed by atoms with E-state index in [0.29, 0.717) is 5.56 Å². The van der Waals surface area contributed by atoms with Gasteiger partial charge in [-0.05, 0) is 19.1 Å². The normalized spacial score (nSPS) is 21.7. The lowest BCUT2D eigenvalue weighted by molar-refractivity contribution is -0.133. The zero-order chi connectivity index (χ0) is 14.7. The Labute approximate surface area is 116 Å². The van der Waals surface area contributed by atoms with Crippen LogP contribution in [0, 0.1) is 0 Å². The lowest BCUT2D eigenvalue weighted by Gasteiger charge is -2.16. The number of ether oxygens (including phenoxy) is 2. The van der Waals surface area contributed by atoms with Crippen LogP contribution in [-0.4, -0.2) is 42.1 Å². The van der Waals surface area contributed by atoms with Gasteiger partial charge in [-0.3, -0.25) is 4.79 Å². The zero-order valence-corrected chi connectivity index (χ0v) is 11.2. The van der Waals surface area contributed by atoms with Crippen LogP contribution in [0.15, 0.2) is 30.3 Å². The Morgan fingerprint density at radius 3 is 2.50 bits per heavy atom. The minimum Gasteiger partial charge on any atom is -0.452 e. The van der Waals surface area contributed by atoms with Crippen molar-refractivity contribution in [3.05, 3.63) is 35.9 Å². The topological polar surface area (TPSA) is 72.9 Å². The third-order valence-electron chi connectivity index (χ3n) is 3.14. The second-order valence-electron chi connectivity index (χ2n) is 4.52. The van der Waals surface area contributed by atoms with Gasteiger partial charge in [0, 0.05) is 12.5 Å². The molecule has 0 aliphatic carbocycles. The first-order chi connectivity index (χ1) is 9.54. The summed E-state index contributed by atoms with van der Waals surface area (Å²) in [6, 6.07) is 8.03. The van der Waals surface area contributed by atoms with Crippen LogP contribution in [0.2, 0.25) is 0 Å². The molecule has 20 heavy (non-hydrogen) atoms. The first-order valence-electron chi connectivity index (χ1n) is 6.21. The van der Waals surface area contributed by atoms with Crippen LogP contribution in [-0.2, 0) is 14.3 Å². The first-order valence-corrected chi connectivity index (χ1v) is 6.21. The molecule has 2 rings (SSSR count). The summed E-state index contributed by atoms with van der Waals surface area (Å²) in [5.74, 6) is -1.13. The van der Waals surface area contributed by atoms with Crippen LogP contribution in [0.25, 0.3) is 0 Å². The number of carbonyl (C=O) groups is 3. The molecule has 0 saturated carbocycles. The highest BCUT2D eigenvalue weighted by Gasteiger charge is 2.43. The summed E-state index contributed by atoms with van der Waals surface area (Å²) in [5, 5.41) is 0. The summed E-state index contributed by atoms with van der Waals surface area (Å²) in [7, 11) is 1.20. The van der Waals surface area contributed by atoms with Gasteiger partial charge in [0.2, 0.25) is 0 Å². The highest BCUT2D eigenvalue weighted by molar-refractivity contribution is 5.99. The maximum Gasteiger partial charge on any atom is 0.416 e. The fourth-order valence-electron chi connectivity index (χ4n) is 2.13. The van der Waals surface area contributed by atoms with Gasteiger partial charge in [0.1, 0.15) is 0 Å². The van der Waals surface area contributed by atoms with Crippen LogP contribution in [0.1, 0.15) is 23.7 Å². The van der Waals surface area contributed by atoms with Crippen LogP contribution in [0.4, 0.5) is 4.79 Å². The van der Waals surface area contributed by atoms with E-state index in [1.807, 2.05) is 0 Å². The largest absolute Gasteiger partial charge is 0.452 e. The van der Waals surface area contributed by atoms with Crippen LogP contribution in [0.5, 0.6) is 0 Å². The predicted octanol–water partition coefficient (Wildman–Crippen LogP) is 1.60. The van der Waals surface area contributed by atoms with Gasteiger partial charge < -0.3 is 9.47 Å². The number of hydrogen-bond donors (Lipinski definition) is 0. The SMILES string of the molecule is COC(=O)N1C(=O)[C@H](OC(=O)c2ccccc2)C[C@H]1C. The van der Waals surface area contributed by atoms with E-state index in [1.165, 1.54) is 7.11 Å². The third kappa shape index (κ3) is 2.64. The summed E-state index contributed by atoms with van der Waals surface area (Å²) in [6.07, 6.45) is -1.41. The number of rotatable bonds is 2. The molecule has 0 unspecified atom stereocenters. The van der Waals surface area contributed by atoms with Crippen molar-refractivity contribution in [1.82, 2.24) is 4.90 Å². The van der Waals surface area contributed by atoms with Crippen molar-refractivity contribution in [2.24, 2.45) is 0 Å². The number of likely N-dealkylation sites (tertiary alicyclic amines) is 1. The van der Waals surface area contributed by atoms with Crippen molar-refractivity contribution in [3.63, 3.8) is 0 Å². The van der Waals surface area contributed by atoms with Crippen molar-refractivity contribution < 1.29 is 23.9 Å². The number of imide groups is 1. The maximum atomic E-state index is 12.0. The van der Waals surface area contributed by atoms with Gasteiger partial charge in [0.05, 0.1) is 12.7 Å². The summed E-state index contributed by atoms with van der Waals surface area (Å²) < 4.78 is 9.71. The third-order valence-corrected chi connectivity index (χ3v) is 3.14. The molecule has 0 aromatic heterocycles. The molecule has 0 N–H and O–H groups in total. The van der Waals surface area contributed by atoms with Crippen molar-refractivity contribution >= 4 is 18.0 Å². The Morgan fingerprint density at radius 1 is 1.25 bits per heavy atom. The number of nitrogens with zero attached hydrogens (tertiary/aromatic N) is 1. The molecule has 0 bridgehead atoms. The second-order valence-corrected chi connectivity index (χ2v) is 4.52. The highest BCUT2D eigenvalue weighted by atomic mass is 16.6. The lowest BCUT2D eigenvalue weighted by Crippen LogP contribution is -2.39. The van der Waals surface area contributed by atoms with E-state index in [1.54, 1.807) is 37.3 Å². The molecule has 6 nitrogen and oxygen atoms in total. The molecule has 1 aromatic carbocycles. The fourth-order valence-corrected chi connectivity index (χ4v) is 2.13. The lowest BCUT2D eigenvalue weighted by atomic mass is 10.2. The Morgan fingerprint density at radius 2 is 1.90 bits per heavy atom. The quantitative estimate of drug-likeness (QED) is 0.768. The maximum absolute atomic E-state index is 12.0. The molecule has 1 aliphatic heterocycles. The van der Waals surface area contributed by atoms with Crippen molar-refractivity contribution in [3.8, 4) is 0 Å². The van der Waals surface area contributed by atoms with E-state index in [0.717, 1.165) is 4.90 Å². The van der Waals surface area contributed by atoms with E-state index in [2.05, 4.69) is 4.74 Å². The molecular weight excluding hydrogens is 262 g/mol. The molecule has 6 heteroatoms. The minimum absolute atomic E-state index is 0.270. The number of methoxy groups -OCH3 is 1. The van der Waals surface area contributed by atoms with Crippen LogP contribution in [0.3, 0.4) is 0 Å². The highest BCUT2D eigenvalue weighted by Crippen LogP contribution is 2.23. The molecule has 2 atom stereocenters. The Hall–Kier alpha value is -2.37. The van der Waals surface area contributed by atoms with Crippen LogP contribution >= 0.6 is 0 Å².